The van der Waals surface area contributed by atoms with Crippen LogP contribution in [-0.4, -0.2) is 23.3 Å². The van der Waals surface area contributed by atoms with Crippen LogP contribution in [-0.2, 0) is 11.2 Å². The average molecular weight is 238 g/mol. The van der Waals surface area contributed by atoms with Gasteiger partial charge in [-0.25, -0.2) is 0 Å². The Morgan fingerprint density at radius 3 is 2.47 bits per heavy atom. The fourth-order valence-electron chi connectivity index (χ4n) is 1.63. The second kappa shape index (κ2) is 4.65. The number of phenolic OH excluding ortho intramolecular Hbond substituents is 1. The van der Waals surface area contributed by atoms with Crippen LogP contribution in [0, 0.1) is 12.3 Å². The van der Waals surface area contributed by atoms with E-state index in [1.807, 2.05) is 0 Å². The summed E-state index contributed by atoms with van der Waals surface area (Å²) in [7, 11) is 1.46. The first-order valence-electron chi connectivity index (χ1n) is 5.38. The molecule has 0 amide bonds. The maximum Gasteiger partial charge on any atom is 0.309 e. The summed E-state index contributed by atoms with van der Waals surface area (Å²) >= 11 is 0. The number of carboxylic acids is 1. The van der Waals surface area contributed by atoms with Crippen molar-refractivity contribution in [3.8, 4) is 11.5 Å². The fourth-order valence-corrected chi connectivity index (χ4v) is 1.63. The number of phenols is 1. The van der Waals surface area contributed by atoms with Gasteiger partial charge < -0.3 is 14.9 Å². The van der Waals surface area contributed by atoms with E-state index in [0.29, 0.717) is 23.3 Å². The van der Waals surface area contributed by atoms with Crippen LogP contribution in [0.1, 0.15) is 25.0 Å². The molecule has 0 saturated carbocycles. The molecule has 0 fully saturated rings. The molecule has 4 nitrogen and oxygen atoms in total. The van der Waals surface area contributed by atoms with Gasteiger partial charge in [-0.15, -0.1) is 0 Å². The second-order valence-corrected chi connectivity index (χ2v) is 4.79. The maximum absolute atomic E-state index is 11.1. The number of aromatic hydroxyl groups is 1. The van der Waals surface area contributed by atoms with Crippen molar-refractivity contribution in [1.29, 1.82) is 0 Å². The smallest absolute Gasteiger partial charge is 0.309 e. The van der Waals surface area contributed by atoms with E-state index in [-0.39, 0.29) is 5.75 Å². The zero-order chi connectivity index (χ0) is 13.2. The molecule has 0 spiro atoms. The van der Waals surface area contributed by atoms with Crippen LogP contribution in [0.15, 0.2) is 12.1 Å². The maximum atomic E-state index is 11.1. The number of benzene rings is 1. The Hall–Kier alpha value is -1.71. The molecule has 4 heteroatoms. The predicted molar refractivity (Wildman–Crippen MR) is 64.5 cm³/mol. The van der Waals surface area contributed by atoms with Crippen molar-refractivity contribution >= 4 is 5.97 Å². The second-order valence-electron chi connectivity index (χ2n) is 4.79. The van der Waals surface area contributed by atoms with Crippen LogP contribution >= 0.6 is 0 Å². The lowest BCUT2D eigenvalue weighted by Gasteiger charge is -2.21. The van der Waals surface area contributed by atoms with E-state index in [1.54, 1.807) is 32.9 Å². The van der Waals surface area contributed by atoms with Crippen molar-refractivity contribution in [2.24, 2.45) is 5.41 Å². The first-order valence-corrected chi connectivity index (χ1v) is 5.38. The number of ether oxygens (including phenoxy) is 1. The summed E-state index contributed by atoms with van der Waals surface area (Å²) in [5.74, 6) is -0.440. The van der Waals surface area contributed by atoms with Crippen molar-refractivity contribution in [1.82, 2.24) is 0 Å². The zero-order valence-electron chi connectivity index (χ0n) is 10.6. The van der Waals surface area contributed by atoms with Crippen molar-refractivity contribution in [2.75, 3.05) is 7.11 Å². The van der Waals surface area contributed by atoms with E-state index < -0.39 is 11.4 Å². The lowest BCUT2D eigenvalue weighted by Crippen LogP contribution is -2.26. The van der Waals surface area contributed by atoms with Crippen LogP contribution in [0.4, 0.5) is 0 Å². The largest absolute Gasteiger partial charge is 0.504 e. The van der Waals surface area contributed by atoms with Crippen LogP contribution in [0.2, 0.25) is 0 Å². The first kappa shape index (κ1) is 13.4. The Morgan fingerprint density at radius 2 is 2.00 bits per heavy atom. The highest BCUT2D eigenvalue weighted by molar-refractivity contribution is 5.74. The molecule has 0 atom stereocenters. The minimum atomic E-state index is -0.894. The number of hydrogen-bond donors (Lipinski definition) is 2. The number of aryl methyl sites for hydroxylation is 1. The Balaban J connectivity index is 3.16. The van der Waals surface area contributed by atoms with Crippen LogP contribution < -0.4 is 4.74 Å². The summed E-state index contributed by atoms with van der Waals surface area (Å²) in [6.45, 7) is 5.06. The van der Waals surface area contributed by atoms with E-state index in [2.05, 4.69) is 0 Å². The van der Waals surface area contributed by atoms with Gasteiger partial charge in [0.15, 0.2) is 11.5 Å². The van der Waals surface area contributed by atoms with E-state index in [1.165, 1.54) is 7.11 Å². The minimum absolute atomic E-state index is 0.0752. The van der Waals surface area contributed by atoms with Crippen LogP contribution in [0.5, 0.6) is 11.5 Å². The van der Waals surface area contributed by atoms with Crippen molar-refractivity contribution in [3.63, 3.8) is 0 Å². The molecule has 2 N–H and O–H groups in total. The van der Waals surface area contributed by atoms with E-state index in [4.69, 9.17) is 9.84 Å². The number of rotatable bonds is 4. The summed E-state index contributed by atoms with van der Waals surface area (Å²) in [4.78, 5) is 11.1. The molecule has 0 aliphatic carbocycles. The van der Waals surface area contributed by atoms with Gasteiger partial charge in [0.2, 0.25) is 0 Å². The Kier molecular flexibility index (Phi) is 3.66. The molecule has 0 aliphatic rings. The highest BCUT2D eigenvalue weighted by atomic mass is 16.5. The van der Waals surface area contributed by atoms with Crippen LogP contribution in [0.3, 0.4) is 0 Å². The van der Waals surface area contributed by atoms with Gasteiger partial charge in [0.1, 0.15) is 0 Å². The Morgan fingerprint density at radius 1 is 1.41 bits per heavy atom. The van der Waals surface area contributed by atoms with E-state index >= 15 is 0 Å². The topological polar surface area (TPSA) is 66.8 Å². The van der Waals surface area contributed by atoms with Crippen molar-refractivity contribution in [3.05, 3.63) is 23.3 Å². The summed E-state index contributed by atoms with van der Waals surface area (Å²) in [5.41, 5.74) is 0.511. The van der Waals surface area contributed by atoms with Crippen LogP contribution in [0.25, 0.3) is 0 Å². The number of hydrogen-bond acceptors (Lipinski definition) is 3. The van der Waals surface area contributed by atoms with Gasteiger partial charge in [-0.3, -0.25) is 4.79 Å². The number of carboxylic acid groups (broad SMARTS) is 1. The van der Waals surface area contributed by atoms with Crippen molar-refractivity contribution < 1.29 is 19.7 Å². The van der Waals surface area contributed by atoms with Gasteiger partial charge in [0.25, 0.3) is 0 Å². The van der Waals surface area contributed by atoms with Gasteiger partial charge in [-0.1, -0.05) is 12.1 Å². The third-order valence-electron chi connectivity index (χ3n) is 2.83. The van der Waals surface area contributed by atoms with Crippen molar-refractivity contribution in [2.45, 2.75) is 27.2 Å². The highest BCUT2D eigenvalue weighted by Crippen LogP contribution is 2.36. The molecule has 17 heavy (non-hydrogen) atoms. The molecule has 1 aromatic carbocycles. The molecule has 0 bridgehead atoms. The zero-order valence-corrected chi connectivity index (χ0v) is 10.6. The molecule has 0 aliphatic heterocycles. The van der Waals surface area contributed by atoms with E-state index in [9.17, 15) is 9.90 Å². The molecule has 0 unspecified atom stereocenters. The van der Waals surface area contributed by atoms with Gasteiger partial charge in [0.05, 0.1) is 12.5 Å². The lowest BCUT2D eigenvalue weighted by atomic mass is 9.85. The van der Waals surface area contributed by atoms with Gasteiger partial charge in [-0.2, -0.15) is 0 Å². The monoisotopic (exact) mass is 238 g/mol. The summed E-state index contributed by atoms with van der Waals surface area (Å²) in [6.07, 6.45) is 0.305. The summed E-state index contributed by atoms with van der Waals surface area (Å²) in [5, 5.41) is 18.9. The number of methoxy groups -OCH3 is 1. The van der Waals surface area contributed by atoms with Gasteiger partial charge in [0, 0.05) is 0 Å². The normalized spacial score (nSPS) is 11.3. The third kappa shape index (κ3) is 2.70. The first-order chi connectivity index (χ1) is 7.79. The molecule has 1 rings (SSSR count). The molecule has 0 aromatic heterocycles. The number of carbonyl (C=O) groups is 1. The summed E-state index contributed by atoms with van der Waals surface area (Å²) < 4.78 is 5.14. The fraction of sp³-hybridized carbons (Fsp3) is 0.462. The standard InChI is InChI=1S/C13H18O4/c1-8-5-6-9(11(17-4)10(8)14)7-13(2,3)12(15)16/h5-6,14H,7H2,1-4H3,(H,15,16). The third-order valence-corrected chi connectivity index (χ3v) is 2.83. The summed E-state index contributed by atoms with van der Waals surface area (Å²) in [6, 6.07) is 3.55. The molecule has 0 saturated heterocycles. The molecule has 0 heterocycles. The average Bonchev–Trinajstić information content (AvgIpc) is 2.23. The molecular formula is C13H18O4. The Labute approximate surface area is 101 Å². The highest BCUT2D eigenvalue weighted by Gasteiger charge is 2.29. The molecule has 0 radical (unpaired) electrons. The molecule has 1 aromatic rings. The van der Waals surface area contributed by atoms with Gasteiger partial charge >= 0.3 is 5.97 Å². The number of aliphatic carboxylic acids is 1. The molecule has 94 valence electrons. The molecular weight excluding hydrogens is 220 g/mol. The van der Waals surface area contributed by atoms with Gasteiger partial charge in [-0.05, 0) is 38.3 Å². The minimum Gasteiger partial charge on any atom is -0.504 e. The Bertz CT molecular complexity index is 435. The predicted octanol–water partition coefficient (Wildman–Crippen LogP) is 2.36. The van der Waals surface area contributed by atoms with E-state index in [0.717, 1.165) is 0 Å². The SMILES string of the molecule is COc1c(CC(C)(C)C(=O)O)ccc(C)c1O. The quantitative estimate of drug-likeness (QED) is 0.845. The lowest BCUT2D eigenvalue weighted by molar-refractivity contribution is -0.146.